The summed E-state index contributed by atoms with van der Waals surface area (Å²) in [6.45, 7) is 1.51. The van der Waals surface area contributed by atoms with Gasteiger partial charge in [-0.05, 0) is 19.0 Å². The molecule has 1 saturated heterocycles. The van der Waals surface area contributed by atoms with Gasteiger partial charge in [0.25, 0.3) is 5.69 Å². The molecule has 1 fully saturated rings. The highest BCUT2D eigenvalue weighted by Gasteiger charge is 2.22. The van der Waals surface area contributed by atoms with E-state index in [1.165, 1.54) is 12.1 Å². The molecule has 18 heavy (non-hydrogen) atoms. The fourth-order valence-electron chi connectivity index (χ4n) is 1.82. The zero-order valence-electron chi connectivity index (χ0n) is 9.59. The highest BCUT2D eigenvalue weighted by Crippen LogP contribution is 2.18. The number of nitro groups is 1. The Labute approximate surface area is 110 Å². The lowest BCUT2D eigenvalue weighted by molar-refractivity contribution is -0.384. The van der Waals surface area contributed by atoms with Gasteiger partial charge in [-0.3, -0.25) is 14.9 Å². The molecule has 0 radical (unpaired) electrons. The smallest absolute Gasteiger partial charge is 0.271 e. The third-order valence-electron chi connectivity index (χ3n) is 2.76. The van der Waals surface area contributed by atoms with E-state index in [2.05, 4.69) is 10.6 Å². The number of carbonyl (C=O) groups excluding carboxylic acids is 1. The Morgan fingerprint density at radius 1 is 1.50 bits per heavy atom. The van der Waals surface area contributed by atoms with E-state index < -0.39 is 4.92 Å². The standard InChI is InChI=1S/C11H13N3O3.ClH/c15-11(8-4-5-12-7-8)13-9-2-1-3-10(6-9)14(16)17;/h1-3,6,8,12H,4-5,7H2,(H,13,15);1H. The number of hydrogen-bond donors (Lipinski definition) is 2. The second kappa shape index (κ2) is 6.32. The van der Waals surface area contributed by atoms with E-state index in [0.29, 0.717) is 12.2 Å². The van der Waals surface area contributed by atoms with Crippen LogP contribution in [0.15, 0.2) is 24.3 Å². The minimum absolute atomic E-state index is 0. The first-order valence-electron chi connectivity index (χ1n) is 5.43. The van der Waals surface area contributed by atoms with Crippen LogP contribution in [0.3, 0.4) is 0 Å². The number of anilines is 1. The first kappa shape index (κ1) is 14.4. The van der Waals surface area contributed by atoms with Crippen molar-refractivity contribution in [2.45, 2.75) is 6.42 Å². The van der Waals surface area contributed by atoms with Crippen LogP contribution in [-0.4, -0.2) is 23.9 Å². The molecule has 7 heteroatoms. The summed E-state index contributed by atoms with van der Waals surface area (Å²) in [6, 6.07) is 5.96. The number of nitro benzene ring substituents is 1. The molecule has 1 aliphatic rings. The molecule has 6 nitrogen and oxygen atoms in total. The van der Waals surface area contributed by atoms with E-state index in [0.717, 1.165) is 13.0 Å². The fraction of sp³-hybridized carbons (Fsp3) is 0.364. The molecule has 0 aromatic heterocycles. The minimum Gasteiger partial charge on any atom is -0.326 e. The molecule has 0 aliphatic carbocycles. The number of hydrogen-bond acceptors (Lipinski definition) is 4. The molecular weight excluding hydrogens is 258 g/mol. The molecule has 1 heterocycles. The van der Waals surface area contributed by atoms with Crippen LogP contribution in [-0.2, 0) is 4.79 Å². The molecule has 1 atom stereocenters. The summed E-state index contributed by atoms with van der Waals surface area (Å²) in [5, 5.41) is 16.4. The summed E-state index contributed by atoms with van der Waals surface area (Å²) in [7, 11) is 0. The summed E-state index contributed by atoms with van der Waals surface area (Å²) in [6.07, 6.45) is 0.806. The zero-order chi connectivity index (χ0) is 12.3. The normalized spacial score (nSPS) is 17.9. The van der Waals surface area contributed by atoms with Crippen molar-refractivity contribution >= 4 is 29.7 Å². The monoisotopic (exact) mass is 271 g/mol. The van der Waals surface area contributed by atoms with Crippen LogP contribution < -0.4 is 10.6 Å². The Kier molecular flexibility index (Phi) is 5.06. The molecule has 0 spiro atoms. The van der Waals surface area contributed by atoms with Crippen molar-refractivity contribution in [3.63, 3.8) is 0 Å². The van der Waals surface area contributed by atoms with Gasteiger partial charge in [-0.1, -0.05) is 6.07 Å². The number of halogens is 1. The molecule has 1 amide bonds. The lowest BCUT2D eigenvalue weighted by Gasteiger charge is -2.09. The highest BCUT2D eigenvalue weighted by atomic mass is 35.5. The molecule has 1 aliphatic heterocycles. The Morgan fingerprint density at radius 2 is 2.28 bits per heavy atom. The third-order valence-corrected chi connectivity index (χ3v) is 2.76. The molecule has 1 unspecified atom stereocenters. The Bertz CT molecular complexity index is 447. The van der Waals surface area contributed by atoms with Gasteiger partial charge in [0.1, 0.15) is 0 Å². The molecule has 0 bridgehead atoms. The number of amides is 1. The van der Waals surface area contributed by atoms with E-state index in [9.17, 15) is 14.9 Å². The molecule has 2 rings (SSSR count). The lowest BCUT2D eigenvalue weighted by Crippen LogP contribution is -2.24. The molecular formula is C11H14ClN3O3. The molecule has 1 aromatic carbocycles. The van der Waals surface area contributed by atoms with E-state index in [-0.39, 0.29) is 29.9 Å². The van der Waals surface area contributed by atoms with Crippen molar-refractivity contribution in [2.75, 3.05) is 18.4 Å². The second-order valence-electron chi connectivity index (χ2n) is 3.99. The maximum atomic E-state index is 11.8. The van der Waals surface area contributed by atoms with Gasteiger partial charge >= 0.3 is 0 Å². The van der Waals surface area contributed by atoms with Gasteiger partial charge in [-0.15, -0.1) is 12.4 Å². The van der Waals surface area contributed by atoms with Crippen LogP contribution in [0.2, 0.25) is 0 Å². The maximum absolute atomic E-state index is 11.8. The van der Waals surface area contributed by atoms with Crippen LogP contribution in [0.5, 0.6) is 0 Å². The first-order chi connectivity index (χ1) is 8.16. The van der Waals surface area contributed by atoms with Crippen molar-refractivity contribution in [3.05, 3.63) is 34.4 Å². The highest BCUT2D eigenvalue weighted by molar-refractivity contribution is 5.93. The largest absolute Gasteiger partial charge is 0.326 e. The van der Waals surface area contributed by atoms with E-state index in [1.54, 1.807) is 12.1 Å². The van der Waals surface area contributed by atoms with Gasteiger partial charge in [-0.2, -0.15) is 0 Å². The average molecular weight is 272 g/mol. The fourth-order valence-corrected chi connectivity index (χ4v) is 1.82. The zero-order valence-corrected chi connectivity index (χ0v) is 10.4. The summed E-state index contributed by atoms with van der Waals surface area (Å²) in [5.74, 6) is -0.134. The number of rotatable bonds is 3. The number of nitrogens with zero attached hydrogens (tertiary/aromatic N) is 1. The van der Waals surface area contributed by atoms with Crippen molar-refractivity contribution in [2.24, 2.45) is 5.92 Å². The summed E-state index contributed by atoms with van der Waals surface area (Å²) >= 11 is 0. The van der Waals surface area contributed by atoms with Crippen LogP contribution in [0.1, 0.15) is 6.42 Å². The van der Waals surface area contributed by atoms with Gasteiger partial charge in [0.15, 0.2) is 0 Å². The van der Waals surface area contributed by atoms with Gasteiger partial charge in [0.05, 0.1) is 10.8 Å². The minimum atomic E-state index is -0.479. The number of nitrogens with one attached hydrogen (secondary N) is 2. The number of non-ortho nitro benzene ring substituents is 1. The van der Waals surface area contributed by atoms with Gasteiger partial charge in [0, 0.05) is 24.4 Å². The van der Waals surface area contributed by atoms with E-state index in [1.807, 2.05) is 0 Å². The van der Waals surface area contributed by atoms with Crippen molar-refractivity contribution < 1.29 is 9.72 Å². The summed E-state index contributed by atoms with van der Waals surface area (Å²) < 4.78 is 0. The Balaban J connectivity index is 0.00000162. The lowest BCUT2D eigenvalue weighted by atomic mass is 10.1. The second-order valence-corrected chi connectivity index (χ2v) is 3.99. The average Bonchev–Trinajstić information content (AvgIpc) is 2.82. The van der Waals surface area contributed by atoms with E-state index >= 15 is 0 Å². The van der Waals surface area contributed by atoms with Gasteiger partial charge in [-0.25, -0.2) is 0 Å². The van der Waals surface area contributed by atoms with Crippen LogP contribution in [0, 0.1) is 16.0 Å². The summed E-state index contributed by atoms with van der Waals surface area (Å²) in [4.78, 5) is 21.9. The summed E-state index contributed by atoms with van der Waals surface area (Å²) in [5.41, 5.74) is 0.448. The van der Waals surface area contributed by atoms with Crippen molar-refractivity contribution in [1.29, 1.82) is 0 Å². The topological polar surface area (TPSA) is 84.3 Å². The molecule has 2 N–H and O–H groups in total. The predicted octanol–water partition coefficient (Wildman–Crippen LogP) is 1.56. The first-order valence-corrected chi connectivity index (χ1v) is 5.43. The van der Waals surface area contributed by atoms with Crippen molar-refractivity contribution in [1.82, 2.24) is 5.32 Å². The van der Waals surface area contributed by atoms with Crippen LogP contribution in [0.4, 0.5) is 11.4 Å². The Hall–Kier alpha value is -1.66. The maximum Gasteiger partial charge on any atom is 0.271 e. The molecule has 98 valence electrons. The SMILES string of the molecule is Cl.O=C(Nc1cccc([N+](=O)[O-])c1)C1CCNC1. The Morgan fingerprint density at radius 3 is 2.89 bits per heavy atom. The van der Waals surface area contributed by atoms with Gasteiger partial charge < -0.3 is 10.6 Å². The predicted molar refractivity (Wildman–Crippen MR) is 70.0 cm³/mol. The number of benzene rings is 1. The third kappa shape index (κ3) is 3.41. The van der Waals surface area contributed by atoms with Crippen molar-refractivity contribution in [3.8, 4) is 0 Å². The van der Waals surface area contributed by atoms with Crippen LogP contribution >= 0.6 is 12.4 Å². The van der Waals surface area contributed by atoms with E-state index in [4.69, 9.17) is 0 Å². The molecule has 0 saturated carbocycles. The quantitative estimate of drug-likeness (QED) is 0.645. The molecule has 1 aromatic rings. The number of carbonyl (C=O) groups is 1. The van der Waals surface area contributed by atoms with Gasteiger partial charge in [0.2, 0.25) is 5.91 Å². The van der Waals surface area contributed by atoms with Crippen LogP contribution in [0.25, 0.3) is 0 Å².